The molecule has 0 aliphatic carbocycles. The largest absolute Gasteiger partial charge is 0.259 e. The summed E-state index contributed by atoms with van der Waals surface area (Å²) >= 11 is 20.5. The highest BCUT2D eigenvalue weighted by molar-refractivity contribution is 8.00. The van der Waals surface area contributed by atoms with Crippen LogP contribution in [-0.2, 0) is 5.75 Å². The normalized spacial score (nSPS) is 11.0. The average Bonchev–Trinajstić information content (AvgIpc) is 3.00. The Hall–Kier alpha value is -0.990. The summed E-state index contributed by atoms with van der Waals surface area (Å²) in [5, 5.41) is 9.42. The third kappa shape index (κ3) is 3.92. The molecule has 2 aromatic heterocycles. The van der Waals surface area contributed by atoms with Crippen LogP contribution in [-0.4, -0.2) is 20.2 Å². The van der Waals surface area contributed by atoms with E-state index in [4.69, 9.17) is 34.8 Å². The van der Waals surface area contributed by atoms with Crippen molar-refractivity contribution >= 4 is 57.9 Å². The van der Waals surface area contributed by atoms with Gasteiger partial charge in [-0.05, 0) is 12.1 Å². The second-order valence-corrected chi connectivity index (χ2v) is 7.58. The Kier molecular flexibility index (Phi) is 5.33. The minimum Gasteiger partial charge on any atom is -0.259 e. The molecular formula is C13H6Cl3FN4S2. The summed E-state index contributed by atoms with van der Waals surface area (Å²) in [5.41, 5.74) is 1.07. The van der Waals surface area contributed by atoms with E-state index < -0.39 is 5.82 Å². The van der Waals surface area contributed by atoms with Gasteiger partial charge in [-0.25, -0.2) is 9.37 Å². The molecule has 0 fully saturated rings. The molecule has 0 saturated heterocycles. The number of benzene rings is 1. The Balaban J connectivity index is 1.77. The SMILES string of the molecule is Fc1ccc(Cl)c(CSc2nnc(-c3cncc(Cl)n3)s2)c1Cl. The molecule has 10 heteroatoms. The van der Waals surface area contributed by atoms with E-state index in [1.54, 1.807) is 6.20 Å². The minimum absolute atomic E-state index is 0.0236. The van der Waals surface area contributed by atoms with E-state index in [0.717, 1.165) is 0 Å². The zero-order valence-electron chi connectivity index (χ0n) is 11.1. The van der Waals surface area contributed by atoms with Crippen molar-refractivity contribution in [2.75, 3.05) is 0 Å². The van der Waals surface area contributed by atoms with Crippen molar-refractivity contribution in [1.82, 2.24) is 20.2 Å². The summed E-state index contributed by atoms with van der Waals surface area (Å²) in [6.07, 6.45) is 3.00. The van der Waals surface area contributed by atoms with E-state index >= 15 is 0 Å². The Morgan fingerprint density at radius 1 is 1.13 bits per heavy atom. The van der Waals surface area contributed by atoms with Gasteiger partial charge in [-0.3, -0.25) is 4.98 Å². The smallest absolute Gasteiger partial charge is 0.175 e. The van der Waals surface area contributed by atoms with Crippen molar-refractivity contribution in [3.05, 3.63) is 51.1 Å². The molecule has 0 N–H and O–H groups in total. The first-order valence-electron chi connectivity index (χ1n) is 6.11. The lowest BCUT2D eigenvalue weighted by Crippen LogP contribution is -1.88. The molecule has 0 atom stereocenters. The van der Waals surface area contributed by atoms with Crippen LogP contribution in [0.1, 0.15) is 5.56 Å². The van der Waals surface area contributed by atoms with Crippen LogP contribution in [0.3, 0.4) is 0 Å². The second kappa shape index (κ2) is 7.27. The summed E-state index contributed by atoms with van der Waals surface area (Å²) in [6, 6.07) is 2.71. The number of aromatic nitrogens is 4. The molecule has 0 aliphatic rings. The van der Waals surface area contributed by atoms with Gasteiger partial charge in [-0.2, -0.15) is 0 Å². The van der Waals surface area contributed by atoms with Crippen molar-refractivity contribution in [1.29, 1.82) is 0 Å². The fourth-order valence-electron chi connectivity index (χ4n) is 1.65. The second-order valence-electron chi connectivity index (χ2n) is 4.21. The summed E-state index contributed by atoms with van der Waals surface area (Å²) < 4.78 is 14.2. The number of nitrogens with zero attached hydrogens (tertiary/aromatic N) is 4. The predicted molar refractivity (Wildman–Crippen MR) is 91.9 cm³/mol. The average molecular weight is 408 g/mol. The van der Waals surface area contributed by atoms with Crippen molar-refractivity contribution < 1.29 is 4.39 Å². The summed E-state index contributed by atoms with van der Waals surface area (Å²) in [7, 11) is 0. The molecule has 0 saturated carbocycles. The molecule has 4 nitrogen and oxygen atoms in total. The quantitative estimate of drug-likeness (QED) is 0.429. The van der Waals surface area contributed by atoms with Gasteiger partial charge in [0.1, 0.15) is 16.7 Å². The molecule has 2 heterocycles. The van der Waals surface area contributed by atoms with Gasteiger partial charge in [0.15, 0.2) is 9.35 Å². The van der Waals surface area contributed by atoms with Crippen LogP contribution >= 0.6 is 57.9 Å². The zero-order valence-corrected chi connectivity index (χ0v) is 15.0. The molecule has 3 rings (SSSR count). The van der Waals surface area contributed by atoms with Crippen molar-refractivity contribution in [2.24, 2.45) is 0 Å². The number of hydrogen-bond donors (Lipinski definition) is 0. The van der Waals surface area contributed by atoms with E-state index in [-0.39, 0.29) is 10.2 Å². The van der Waals surface area contributed by atoms with Gasteiger partial charge in [0.2, 0.25) is 0 Å². The first kappa shape index (κ1) is 16.9. The Bertz CT molecular complexity index is 859. The monoisotopic (exact) mass is 406 g/mol. The van der Waals surface area contributed by atoms with Gasteiger partial charge >= 0.3 is 0 Å². The summed E-state index contributed by atoms with van der Waals surface area (Å²) in [6.45, 7) is 0. The molecule has 0 spiro atoms. The molecule has 0 bridgehead atoms. The molecule has 0 amide bonds. The molecule has 23 heavy (non-hydrogen) atoms. The maximum absolute atomic E-state index is 13.5. The lowest BCUT2D eigenvalue weighted by atomic mass is 10.2. The molecule has 3 aromatic rings. The zero-order chi connectivity index (χ0) is 16.4. The summed E-state index contributed by atoms with van der Waals surface area (Å²) in [5.74, 6) is -0.121. The molecule has 0 unspecified atom stereocenters. The van der Waals surface area contributed by atoms with Crippen molar-refractivity contribution in [3.63, 3.8) is 0 Å². The lowest BCUT2D eigenvalue weighted by Gasteiger charge is -2.05. The maximum atomic E-state index is 13.5. The van der Waals surface area contributed by atoms with E-state index in [0.29, 0.717) is 31.4 Å². The van der Waals surface area contributed by atoms with Crippen LogP contribution in [0.5, 0.6) is 0 Å². The molecule has 118 valence electrons. The lowest BCUT2D eigenvalue weighted by molar-refractivity contribution is 0.627. The highest BCUT2D eigenvalue weighted by Crippen LogP contribution is 2.35. The van der Waals surface area contributed by atoms with E-state index in [9.17, 15) is 4.39 Å². The number of halogens is 4. The third-order valence-corrected chi connectivity index (χ3v) is 5.76. The first-order chi connectivity index (χ1) is 11.0. The van der Waals surface area contributed by atoms with Gasteiger partial charge in [0, 0.05) is 16.3 Å². The van der Waals surface area contributed by atoms with E-state index in [2.05, 4.69) is 20.2 Å². The van der Waals surface area contributed by atoms with Crippen LogP contribution in [0, 0.1) is 5.82 Å². The molecular weight excluding hydrogens is 402 g/mol. The fourth-order valence-corrected chi connectivity index (χ4v) is 4.31. The first-order valence-corrected chi connectivity index (χ1v) is 9.05. The van der Waals surface area contributed by atoms with Gasteiger partial charge < -0.3 is 0 Å². The van der Waals surface area contributed by atoms with Crippen LogP contribution in [0.2, 0.25) is 15.2 Å². The fraction of sp³-hybridized carbons (Fsp3) is 0.0769. The van der Waals surface area contributed by atoms with E-state index in [1.807, 2.05) is 0 Å². The topological polar surface area (TPSA) is 51.6 Å². The standard InChI is InChI=1S/C13H6Cl3FN4S2/c14-7-1-2-8(17)11(16)6(7)5-22-13-21-20-12(23-13)9-3-18-4-10(15)19-9/h1-4H,5H2. The van der Waals surface area contributed by atoms with Gasteiger partial charge in [-0.1, -0.05) is 57.9 Å². The maximum Gasteiger partial charge on any atom is 0.175 e. The minimum atomic E-state index is -0.501. The van der Waals surface area contributed by atoms with Gasteiger partial charge in [0.25, 0.3) is 0 Å². The molecule has 0 aliphatic heterocycles. The van der Waals surface area contributed by atoms with E-state index in [1.165, 1.54) is 41.4 Å². The highest BCUT2D eigenvalue weighted by Gasteiger charge is 2.14. The Morgan fingerprint density at radius 3 is 2.74 bits per heavy atom. The molecule has 0 radical (unpaired) electrons. The third-order valence-electron chi connectivity index (χ3n) is 2.71. The van der Waals surface area contributed by atoms with Gasteiger partial charge in [-0.15, -0.1) is 10.2 Å². The number of hydrogen-bond acceptors (Lipinski definition) is 6. The summed E-state index contributed by atoms with van der Waals surface area (Å²) in [4.78, 5) is 8.08. The highest BCUT2D eigenvalue weighted by atomic mass is 35.5. The van der Waals surface area contributed by atoms with Crippen LogP contribution in [0.25, 0.3) is 10.7 Å². The number of rotatable bonds is 4. The van der Waals surface area contributed by atoms with Crippen molar-refractivity contribution in [3.8, 4) is 10.7 Å². The molecule has 1 aromatic carbocycles. The Morgan fingerprint density at radius 2 is 1.96 bits per heavy atom. The van der Waals surface area contributed by atoms with Crippen LogP contribution < -0.4 is 0 Å². The van der Waals surface area contributed by atoms with Crippen LogP contribution in [0.15, 0.2) is 28.9 Å². The predicted octanol–water partition coefficient (Wildman–Crippen LogP) is 5.39. The van der Waals surface area contributed by atoms with Crippen molar-refractivity contribution in [2.45, 2.75) is 10.1 Å². The van der Waals surface area contributed by atoms with Gasteiger partial charge in [0.05, 0.1) is 17.4 Å². The Labute approximate surface area is 154 Å². The number of thioether (sulfide) groups is 1. The van der Waals surface area contributed by atoms with Crippen LogP contribution in [0.4, 0.5) is 4.39 Å².